The highest BCUT2D eigenvalue weighted by Gasteiger charge is 2.13. The van der Waals surface area contributed by atoms with E-state index in [1.165, 1.54) is 0 Å². The van der Waals surface area contributed by atoms with Crippen LogP contribution in [0.4, 0.5) is 0 Å². The largest absolute Gasteiger partial charge is 0.349 e. The minimum absolute atomic E-state index is 0.0371. The molecule has 0 aromatic carbocycles. The van der Waals surface area contributed by atoms with Gasteiger partial charge in [0.05, 0.1) is 11.8 Å². The maximum atomic E-state index is 11.7. The first kappa shape index (κ1) is 10.8. The molecule has 0 radical (unpaired) electrons. The van der Waals surface area contributed by atoms with E-state index in [1.807, 2.05) is 27.8 Å². The summed E-state index contributed by atoms with van der Waals surface area (Å²) in [6, 6.07) is 0.210. The summed E-state index contributed by atoms with van der Waals surface area (Å²) in [7, 11) is 1.83. The second kappa shape index (κ2) is 4.26. The monoisotopic (exact) mass is 195 g/mol. The van der Waals surface area contributed by atoms with Crippen molar-refractivity contribution in [2.45, 2.75) is 33.2 Å². The minimum atomic E-state index is -0.0371. The molecule has 1 unspecified atom stereocenters. The summed E-state index contributed by atoms with van der Waals surface area (Å²) in [5, 5.41) is 6.93. The van der Waals surface area contributed by atoms with Crippen molar-refractivity contribution in [3.05, 3.63) is 17.5 Å². The quantitative estimate of drug-likeness (QED) is 0.789. The van der Waals surface area contributed by atoms with Crippen LogP contribution in [0.2, 0.25) is 0 Å². The lowest BCUT2D eigenvalue weighted by atomic mass is 10.2. The van der Waals surface area contributed by atoms with Crippen molar-refractivity contribution in [1.29, 1.82) is 0 Å². The molecule has 1 aromatic rings. The first-order chi connectivity index (χ1) is 6.56. The lowest BCUT2D eigenvalue weighted by molar-refractivity contribution is 0.0938. The van der Waals surface area contributed by atoms with E-state index in [2.05, 4.69) is 10.4 Å². The smallest absolute Gasteiger partial charge is 0.254 e. The van der Waals surface area contributed by atoms with Crippen molar-refractivity contribution in [2.24, 2.45) is 7.05 Å². The number of nitrogens with one attached hydrogen (secondary N) is 1. The summed E-state index contributed by atoms with van der Waals surface area (Å²) in [6.07, 6.45) is 2.54. The number of aryl methyl sites for hydroxylation is 1. The zero-order valence-corrected chi connectivity index (χ0v) is 9.16. The minimum Gasteiger partial charge on any atom is -0.349 e. The molecule has 0 aliphatic carbocycles. The zero-order valence-electron chi connectivity index (χ0n) is 9.16. The fraction of sp³-hybridized carbons (Fsp3) is 0.600. The first-order valence-electron chi connectivity index (χ1n) is 4.85. The molecule has 1 heterocycles. The number of amides is 1. The Morgan fingerprint density at radius 1 is 1.71 bits per heavy atom. The van der Waals surface area contributed by atoms with E-state index >= 15 is 0 Å². The maximum absolute atomic E-state index is 11.7. The summed E-state index contributed by atoms with van der Waals surface area (Å²) in [6.45, 7) is 5.92. The SMILES string of the molecule is CCC(C)NC(=O)c1cnn(C)c1C. The molecule has 1 N–H and O–H groups in total. The van der Waals surface area contributed by atoms with Crippen LogP contribution in [0.3, 0.4) is 0 Å². The van der Waals surface area contributed by atoms with Crippen molar-refractivity contribution in [3.8, 4) is 0 Å². The molecule has 0 bridgehead atoms. The number of hydrogen-bond donors (Lipinski definition) is 1. The molecule has 1 atom stereocenters. The Bertz CT molecular complexity index is 330. The van der Waals surface area contributed by atoms with Gasteiger partial charge in [0.25, 0.3) is 5.91 Å². The van der Waals surface area contributed by atoms with Gasteiger partial charge in [-0.3, -0.25) is 9.48 Å². The van der Waals surface area contributed by atoms with Crippen LogP contribution in [0.15, 0.2) is 6.20 Å². The van der Waals surface area contributed by atoms with Crippen LogP contribution in [0.5, 0.6) is 0 Å². The van der Waals surface area contributed by atoms with E-state index in [0.717, 1.165) is 12.1 Å². The Labute approximate surface area is 84.3 Å². The van der Waals surface area contributed by atoms with Crippen LogP contribution in [0.25, 0.3) is 0 Å². The summed E-state index contributed by atoms with van der Waals surface area (Å²) in [5.74, 6) is -0.0371. The maximum Gasteiger partial charge on any atom is 0.254 e. The second-order valence-corrected chi connectivity index (χ2v) is 3.55. The van der Waals surface area contributed by atoms with Crippen LogP contribution < -0.4 is 5.32 Å². The molecular weight excluding hydrogens is 178 g/mol. The van der Waals surface area contributed by atoms with Crippen LogP contribution in [0.1, 0.15) is 36.3 Å². The average Bonchev–Trinajstić information content (AvgIpc) is 2.47. The molecule has 0 saturated carbocycles. The summed E-state index contributed by atoms with van der Waals surface area (Å²) >= 11 is 0. The van der Waals surface area contributed by atoms with Gasteiger partial charge in [-0.15, -0.1) is 0 Å². The highest BCUT2D eigenvalue weighted by molar-refractivity contribution is 5.95. The number of carbonyl (C=O) groups excluding carboxylic acids is 1. The van der Waals surface area contributed by atoms with E-state index in [1.54, 1.807) is 10.9 Å². The van der Waals surface area contributed by atoms with Crippen LogP contribution in [-0.2, 0) is 7.05 Å². The highest BCUT2D eigenvalue weighted by atomic mass is 16.1. The molecule has 0 aliphatic heterocycles. The molecule has 0 aliphatic rings. The van der Waals surface area contributed by atoms with Gasteiger partial charge >= 0.3 is 0 Å². The van der Waals surface area contributed by atoms with Crippen LogP contribution >= 0.6 is 0 Å². The standard InChI is InChI=1S/C10H17N3O/c1-5-7(2)12-10(14)9-6-11-13(4)8(9)3/h6-7H,5H2,1-4H3,(H,12,14). The third kappa shape index (κ3) is 2.13. The number of carbonyl (C=O) groups is 1. The Morgan fingerprint density at radius 2 is 2.36 bits per heavy atom. The molecule has 4 nitrogen and oxygen atoms in total. The van der Waals surface area contributed by atoms with E-state index in [-0.39, 0.29) is 11.9 Å². The molecule has 14 heavy (non-hydrogen) atoms. The highest BCUT2D eigenvalue weighted by Crippen LogP contribution is 2.05. The average molecular weight is 195 g/mol. The Morgan fingerprint density at radius 3 is 2.79 bits per heavy atom. The predicted octanol–water partition coefficient (Wildman–Crippen LogP) is 1.26. The fourth-order valence-corrected chi connectivity index (χ4v) is 1.13. The second-order valence-electron chi connectivity index (χ2n) is 3.55. The third-order valence-corrected chi connectivity index (χ3v) is 2.47. The van der Waals surface area contributed by atoms with E-state index < -0.39 is 0 Å². The number of aromatic nitrogens is 2. The lowest BCUT2D eigenvalue weighted by Crippen LogP contribution is -2.32. The van der Waals surface area contributed by atoms with Gasteiger partial charge in [-0.05, 0) is 20.3 Å². The molecule has 0 saturated heterocycles. The molecule has 0 fully saturated rings. The summed E-state index contributed by atoms with van der Waals surface area (Å²) in [4.78, 5) is 11.7. The molecular formula is C10H17N3O. The zero-order chi connectivity index (χ0) is 10.7. The fourth-order valence-electron chi connectivity index (χ4n) is 1.13. The normalized spacial score (nSPS) is 12.6. The molecule has 1 rings (SSSR count). The van der Waals surface area contributed by atoms with E-state index in [9.17, 15) is 4.79 Å². The Balaban J connectivity index is 2.75. The van der Waals surface area contributed by atoms with Gasteiger partial charge in [0, 0.05) is 18.8 Å². The van der Waals surface area contributed by atoms with E-state index in [0.29, 0.717) is 5.56 Å². The van der Waals surface area contributed by atoms with Crippen LogP contribution in [0, 0.1) is 6.92 Å². The van der Waals surface area contributed by atoms with Gasteiger partial charge in [0.1, 0.15) is 0 Å². The van der Waals surface area contributed by atoms with Crippen molar-refractivity contribution in [2.75, 3.05) is 0 Å². The van der Waals surface area contributed by atoms with Gasteiger partial charge < -0.3 is 5.32 Å². The number of nitrogens with zero attached hydrogens (tertiary/aromatic N) is 2. The Hall–Kier alpha value is -1.32. The van der Waals surface area contributed by atoms with Crippen molar-refractivity contribution < 1.29 is 4.79 Å². The molecule has 0 spiro atoms. The molecule has 1 aromatic heterocycles. The number of rotatable bonds is 3. The molecule has 4 heteroatoms. The van der Waals surface area contributed by atoms with Gasteiger partial charge in [0.15, 0.2) is 0 Å². The van der Waals surface area contributed by atoms with E-state index in [4.69, 9.17) is 0 Å². The predicted molar refractivity (Wildman–Crippen MR) is 55.2 cm³/mol. The summed E-state index contributed by atoms with van der Waals surface area (Å²) < 4.78 is 1.70. The van der Waals surface area contributed by atoms with Gasteiger partial charge in [-0.25, -0.2) is 0 Å². The van der Waals surface area contributed by atoms with Crippen molar-refractivity contribution >= 4 is 5.91 Å². The molecule has 1 amide bonds. The Kier molecular flexibility index (Phi) is 3.28. The first-order valence-corrected chi connectivity index (χ1v) is 4.85. The third-order valence-electron chi connectivity index (χ3n) is 2.47. The number of hydrogen-bond acceptors (Lipinski definition) is 2. The summed E-state index contributed by atoms with van der Waals surface area (Å²) in [5.41, 5.74) is 1.55. The van der Waals surface area contributed by atoms with Crippen molar-refractivity contribution in [1.82, 2.24) is 15.1 Å². The van der Waals surface area contributed by atoms with Gasteiger partial charge in [-0.2, -0.15) is 5.10 Å². The molecule has 78 valence electrons. The van der Waals surface area contributed by atoms with Crippen LogP contribution in [-0.4, -0.2) is 21.7 Å². The topological polar surface area (TPSA) is 46.9 Å². The van der Waals surface area contributed by atoms with Gasteiger partial charge in [-0.1, -0.05) is 6.92 Å². The lowest BCUT2D eigenvalue weighted by Gasteiger charge is -2.10. The van der Waals surface area contributed by atoms with Crippen molar-refractivity contribution in [3.63, 3.8) is 0 Å². The van der Waals surface area contributed by atoms with Gasteiger partial charge in [0.2, 0.25) is 0 Å².